The van der Waals surface area contributed by atoms with Gasteiger partial charge < -0.3 is 4.90 Å². The molecule has 0 atom stereocenters. The van der Waals surface area contributed by atoms with Crippen LogP contribution in [0.3, 0.4) is 0 Å². The molecule has 3 heterocycles. The van der Waals surface area contributed by atoms with Gasteiger partial charge in [0.05, 0.1) is 18.8 Å². The van der Waals surface area contributed by atoms with Gasteiger partial charge in [-0.3, -0.25) is 14.6 Å². The van der Waals surface area contributed by atoms with Crippen molar-refractivity contribution in [3.05, 3.63) is 11.6 Å². The molecule has 5 rings (SSSR count). The monoisotopic (exact) mass is 642 g/mol. The first kappa shape index (κ1) is 35.9. The van der Waals surface area contributed by atoms with E-state index in [2.05, 4.69) is 89.4 Å². The fourth-order valence-corrected chi connectivity index (χ4v) is 9.48. The highest BCUT2D eigenvalue weighted by Gasteiger charge is 2.50. The second kappa shape index (κ2) is 13.9. The first-order valence-corrected chi connectivity index (χ1v) is 18.6. The van der Waals surface area contributed by atoms with Gasteiger partial charge in [0.2, 0.25) is 5.95 Å². The van der Waals surface area contributed by atoms with Gasteiger partial charge >= 0.3 is 0 Å². The Kier molecular flexibility index (Phi) is 10.8. The Labute approximate surface area is 281 Å². The molecule has 2 aliphatic carbocycles. The van der Waals surface area contributed by atoms with Gasteiger partial charge in [0, 0.05) is 41.3 Å². The summed E-state index contributed by atoms with van der Waals surface area (Å²) in [7, 11) is 4.41. The average Bonchev–Trinajstić information content (AvgIpc) is 2.96. The fraction of sp³-hybridized carbons (Fsp3) is 0.919. The zero-order valence-electron chi connectivity index (χ0n) is 31.4. The summed E-state index contributed by atoms with van der Waals surface area (Å²) in [6, 6.07) is 0.711. The Balaban J connectivity index is 1.25. The van der Waals surface area contributed by atoms with Gasteiger partial charge in [-0.25, -0.2) is 4.98 Å². The maximum Gasteiger partial charge on any atom is 0.228 e. The lowest BCUT2D eigenvalue weighted by Crippen LogP contribution is -2.64. The summed E-state index contributed by atoms with van der Waals surface area (Å²) in [5.41, 5.74) is -0.321. The van der Waals surface area contributed by atoms with Crippen molar-refractivity contribution < 1.29 is 9.68 Å². The summed E-state index contributed by atoms with van der Waals surface area (Å²) < 4.78 is 0. The zero-order valence-corrected chi connectivity index (χ0v) is 31.4. The number of hydroxylamine groups is 4. The lowest BCUT2D eigenvalue weighted by molar-refractivity contribution is -0.314. The molecule has 0 spiro atoms. The highest BCUT2D eigenvalue weighted by atomic mass is 16.7. The molecular formula is C37H67N7O2. The smallest absolute Gasteiger partial charge is 0.228 e. The van der Waals surface area contributed by atoms with Gasteiger partial charge in [-0.2, -0.15) is 20.1 Å². The molecule has 2 saturated carbocycles. The van der Waals surface area contributed by atoms with Gasteiger partial charge in [-0.15, -0.1) is 0 Å². The summed E-state index contributed by atoms with van der Waals surface area (Å²) in [5, 5.41) is 4.70. The molecule has 0 N–H and O–H groups in total. The van der Waals surface area contributed by atoms with Crippen LogP contribution in [0.15, 0.2) is 0 Å². The molecule has 2 saturated heterocycles. The molecule has 1 aromatic rings. The number of anilines is 1. The molecule has 0 radical (unpaired) electrons. The SMILES string of the molecule is Cc1nc(CN(C)C2CC(C)(C)N(OC3CCCCC3)C(C)(C)C2)nc(N(C)C2CC(C)(C)N(OC3CCCCC3)C(C)(C)C2)n1. The number of nitrogens with zero attached hydrogens (tertiary/aromatic N) is 7. The molecular weight excluding hydrogens is 574 g/mol. The van der Waals surface area contributed by atoms with Crippen molar-refractivity contribution in [3.8, 4) is 0 Å². The van der Waals surface area contributed by atoms with Gasteiger partial charge in [0.15, 0.2) is 0 Å². The van der Waals surface area contributed by atoms with Crippen molar-refractivity contribution >= 4 is 5.95 Å². The van der Waals surface area contributed by atoms with E-state index >= 15 is 0 Å². The zero-order chi connectivity index (χ0) is 33.5. The van der Waals surface area contributed by atoms with E-state index < -0.39 is 0 Å². The van der Waals surface area contributed by atoms with Crippen LogP contribution in [0.2, 0.25) is 0 Å². The second-order valence-electron chi connectivity index (χ2n) is 17.8. The minimum Gasteiger partial charge on any atom is -0.341 e. The van der Waals surface area contributed by atoms with Crippen molar-refractivity contribution in [1.29, 1.82) is 0 Å². The standard InChI is InChI=1S/C37H67N7O2/c1-27-38-32(26-41(10)28-22-34(2,3)43(35(4,5)23-28)45-30-18-14-12-15-19-30)40-33(39-27)42(11)29-24-36(6,7)44(37(8,9)25-29)46-31-20-16-13-17-21-31/h28-31H,12-26H2,1-11H3. The number of aromatic nitrogens is 3. The summed E-state index contributed by atoms with van der Waals surface area (Å²) in [4.78, 5) is 33.1. The predicted molar refractivity (Wildman–Crippen MR) is 186 cm³/mol. The summed E-state index contributed by atoms with van der Waals surface area (Å²) in [6.45, 7) is 21.5. The van der Waals surface area contributed by atoms with Crippen molar-refractivity contribution in [2.45, 2.75) is 205 Å². The third-order valence-electron chi connectivity index (χ3n) is 11.4. The molecule has 4 fully saturated rings. The van der Waals surface area contributed by atoms with Crippen LogP contribution in [0.25, 0.3) is 0 Å². The Morgan fingerprint density at radius 1 is 0.609 bits per heavy atom. The Morgan fingerprint density at radius 2 is 1.02 bits per heavy atom. The van der Waals surface area contributed by atoms with E-state index in [9.17, 15) is 0 Å². The highest BCUT2D eigenvalue weighted by Crippen LogP contribution is 2.43. The van der Waals surface area contributed by atoms with E-state index in [0.717, 1.165) is 43.3 Å². The third-order valence-corrected chi connectivity index (χ3v) is 11.4. The van der Waals surface area contributed by atoms with E-state index in [4.69, 9.17) is 24.6 Å². The molecule has 0 aromatic carbocycles. The Hall–Kier alpha value is -1.39. The van der Waals surface area contributed by atoms with E-state index in [1.54, 1.807) is 0 Å². The van der Waals surface area contributed by atoms with Crippen molar-refractivity contribution in [2.24, 2.45) is 0 Å². The van der Waals surface area contributed by atoms with Crippen LogP contribution in [0.4, 0.5) is 5.95 Å². The molecule has 0 amide bonds. The van der Waals surface area contributed by atoms with Gasteiger partial charge in [-0.05, 0) is 121 Å². The maximum atomic E-state index is 6.77. The number of piperidine rings is 2. The normalized spacial score (nSPS) is 26.9. The first-order valence-electron chi connectivity index (χ1n) is 18.6. The van der Waals surface area contributed by atoms with Crippen LogP contribution in [0.1, 0.15) is 157 Å². The van der Waals surface area contributed by atoms with Crippen molar-refractivity contribution in [3.63, 3.8) is 0 Å². The number of hydrogen-bond donors (Lipinski definition) is 0. The number of aryl methyl sites for hydroxylation is 1. The van der Waals surface area contributed by atoms with E-state index in [1.165, 1.54) is 64.2 Å². The van der Waals surface area contributed by atoms with Crippen LogP contribution >= 0.6 is 0 Å². The second-order valence-corrected chi connectivity index (χ2v) is 17.8. The molecule has 9 heteroatoms. The molecule has 1 aromatic heterocycles. The van der Waals surface area contributed by atoms with Crippen LogP contribution < -0.4 is 4.90 Å². The van der Waals surface area contributed by atoms with E-state index in [0.29, 0.717) is 30.8 Å². The lowest BCUT2D eigenvalue weighted by atomic mass is 9.78. The summed E-state index contributed by atoms with van der Waals surface area (Å²) in [5.74, 6) is 2.42. The fourth-order valence-electron chi connectivity index (χ4n) is 9.48. The van der Waals surface area contributed by atoms with E-state index in [-0.39, 0.29) is 22.2 Å². The minimum absolute atomic E-state index is 0.0618. The highest BCUT2D eigenvalue weighted by molar-refractivity contribution is 5.31. The lowest BCUT2D eigenvalue weighted by Gasteiger charge is -2.56. The number of rotatable bonds is 9. The van der Waals surface area contributed by atoms with Crippen LogP contribution in [-0.4, -0.2) is 90.5 Å². The molecule has 0 unspecified atom stereocenters. The van der Waals surface area contributed by atoms with Gasteiger partial charge in [0.1, 0.15) is 11.6 Å². The maximum absolute atomic E-state index is 6.77. The topological polar surface area (TPSA) is 70.1 Å². The molecule has 4 aliphatic rings. The molecule has 46 heavy (non-hydrogen) atoms. The predicted octanol–water partition coefficient (Wildman–Crippen LogP) is 7.62. The largest absolute Gasteiger partial charge is 0.341 e. The van der Waals surface area contributed by atoms with Crippen LogP contribution in [0.5, 0.6) is 0 Å². The Morgan fingerprint density at radius 3 is 1.46 bits per heavy atom. The first-order chi connectivity index (χ1) is 21.5. The quantitative estimate of drug-likeness (QED) is 0.271. The third kappa shape index (κ3) is 8.24. The Bertz CT molecular complexity index is 1120. The number of hydrogen-bond acceptors (Lipinski definition) is 9. The van der Waals surface area contributed by atoms with Crippen molar-refractivity contribution in [2.75, 3.05) is 19.0 Å². The van der Waals surface area contributed by atoms with Crippen molar-refractivity contribution in [1.82, 2.24) is 30.0 Å². The molecule has 262 valence electrons. The summed E-state index contributed by atoms with van der Waals surface area (Å²) >= 11 is 0. The van der Waals surface area contributed by atoms with Crippen LogP contribution in [0, 0.1) is 6.92 Å². The minimum atomic E-state index is -0.0988. The van der Waals surface area contributed by atoms with Crippen LogP contribution in [-0.2, 0) is 16.2 Å². The van der Waals surface area contributed by atoms with Gasteiger partial charge in [-0.1, -0.05) is 38.5 Å². The molecule has 9 nitrogen and oxygen atoms in total. The summed E-state index contributed by atoms with van der Waals surface area (Å²) in [6.07, 6.45) is 17.3. The molecule has 2 aliphatic heterocycles. The molecule has 0 bridgehead atoms. The van der Waals surface area contributed by atoms with E-state index in [1.807, 2.05) is 6.92 Å². The average molecular weight is 642 g/mol. The van der Waals surface area contributed by atoms with Gasteiger partial charge in [0.25, 0.3) is 0 Å².